The first-order chi connectivity index (χ1) is 6.95. The summed E-state index contributed by atoms with van der Waals surface area (Å²) in [6.45, 7) is -0.564. The van der Waals surface area contributed by atoms with E-state index in [0.717, 1.165) is 0 Å². The van der Waals surface area contributed by atoms with E-state index < -0.39 is 18.9 Å². The van der Waals surface area contributed by atoms with Crippen molar-refractivity contribution in [1.82, 2.24) is 5.32 Å². The van der Waals surface area contributed by atoms with Crippen LogP contribution < -0.4 is 5.32 Å². The van der Waals surface area contributed by atoms with Gasteiger partial charge in [0.05, 0.1) is 19.3 Å². The zero-order chi connectivity index (χ0) is 11.7. The van der Waals surface area contributed by atoms with Crippen LogP contribution in [0.2, 0.25) is 0 Å². The van der Waals surface area contributed by atoms with Crippen LogP contribution in [0.5, 0.6) is 0 Å². The van der Waals surface area contributed by atoms with Crippen LogP contribution in [0.15, 0.2) is 0 Å². The van der Waals surface area contributed by atoms with Gasteiger partial charge in [0.1, 0.15) is 6.61 Å². The number of ether oxygens (including phenoxy) is 2. The topological polar surface area (TPSA) is 50.7 Å². The van der Waals surface area contributed by atoms with E-state index in [1.54, 1.807) is 0 Å². The van der Waals surface area contributed by atoms with Crippen molar-refractivity contribution >= 4 is 0 Å². The second-order valence-electron chi connectivity index (χ2n) is 2.98. The first-order valence-electron chi connectivity index (χ1n) is 4.48. The zero-order valence-electron chi connectivity index (χ0n) is 8.51. The van der Waals surface area contributed by atoms with Gasteiger partial charge in [-0.15, -0.1) is 0 Å². The number of aliphatic hydroxyl groups is 1. The molecule has 0 aliphatic carbocycles. The summed E-state index contributed by atoms with van der Waals surface area (Å²) in [5.74, 6) is 0. The number of alkyl halides is 3. The summed E-state index contributed by atoms with van der Waals surface area (Å²) in [4.78, 5) is 0. The largest absolute Gasteiger partial charge is 0.411 e. The summed E-state index contributed by atoms with van der Waals surface area (Å²) in [7, 11) is 1.45. The Balaban J connectivity index is 3.18. The van der Waals surface area contributed by atoms with E-state index in [9.17, 15) is 13.2 Å². The average Bonchev–Trinajstić information content (AvgIpc) is 2.09. The minimum Gasteiger partial charge on any atom is -0.389 e. The molecular weight excluding hydrogens is 215 g/mol. The highest BCUT2D eigenvalue weighted by Crippen LogP contribution is 2.13. The van der Waals surface area contributed by atoms with E-state index in [0.29, 0.717) is 0 Å². The van der Waals surface area contributed by atoms with Crippen LogP contribution in [0.1, 0.15) is 0 Å². The summed E-state index contributed by atoms with van der Waals surface area (Å²) in [6.07, 6.45) is -4.94. The van der Waals surface area contributed by atoms with Crippen molar-refractivity contribution in [3.05, 3.63) is 0 Å². The van der Waals surface area contributed by atoms with E-state index in [1.165, 1.54) is 7.11 Å². The van der Waals surface area contributed by atoms with E-state index >= 15 is 0 Å². The first-order valence-corrected chi connectivity index (χ1v) is 4.48. The van der Waals surface area contributed by atoms with Crippen molar-refractivity contribution in [3.63, 3.8) is 0 Å². The van der Waals surface area contributed by atoms with E-state index in [2.05, 4.69) is 14.8 Å². The number of aliphatic hydroxyl groups excluding tert-OH is 1. The lowest BCUT2D eigenvalue weighted by molar-refractivity contribution is -0.173. The Morgan fingerprint density at radius 1 is 1.40 bits per heavy atom. The minimum absolute atomic E-state index is 0.0424. The van der Waals surface area contributed by atoms with Gasteiger partial charge in [0, 0.05) is 20.2 Å². The van der Waals surface area contributed by atoms with E-state index in [-0.39, 0.29) is 26.3 Å². The molecule has 1 atom stereocenters. The fraction of sp³-hybridized carbons (Fsp3) is 1.00. The number of hydrogen-bond acceptors (Lipinski definition) is 4. The molecule has 0 aromatic rings. The molecule has 0 aromatic carbocycles. The van der Waals surface area contributed by atoms with E-state index in [4.69, 9.17) is 5.11 Å². The number of hydrogen-bond donors (Lipinski definition) is 2. The van der Waals surface area contributed by atoms with Crippen LogP contribution in [0.3, 0.4) is 0 Å². The van der Waals surface area contributed by atoms with Gasteiger partial charge < -0.3 is 19.9 Å². The average molecular weight is 231 g/mol. The Bertz CT molecular complexity index is 155. The monoisotopic (exact) mass is 231 g/mol. The lowest BCUT2D eigenvalue weighted by Crippen LogP contribution is -2.32. The van der Waals surface area contributed by atoms with Gasteiger partial charge >= 0.3 is 6.18 Å². The molecule has 15 heavy (non-hydrogen) atoms. The number of nitrogens with one attached hydrogen (secondary N) is 1. The molecule has 0 aromatic heterocycles. The molecule has 0 fully saturated rings. The highest BCUT2D eigenvalue weighted by atomic mass is 19.4. The molecule has 92 valence electrons. The number of rotatable bonds is 8. The van der Waals surface area contributed by atoms with Crippen LogP contribution >= 0.6 is 0 Å². The predicted molar refractivity (Wildman–Crippen MR) is 47.6 cm³/mol. The van der Waals surface area contributed by atoms with Crippen LogP contribution in [0.4, 0.5) is 13.2 Å². The summed E-state index contributed by atoms with van der Waals surface area (Å²) in [5.41, 5.74) is 0. The molecule has 0 spiro atoms. The molecule has 0 saturated heterocycles. The molecule has 0 saturated carbocycles. The molecule has 4 nitrogen and oxygen atoms in total. The third-order valence-electron chi connectivity index (χ3n) is 1.43. The molecule has 0 aliphatic rings. The Morgan fingerprint density at radius 3 is 2.60 bits per heavy atom. The molecule has 7 heteroatoms. The second-order valence-corrected chi connectivity index (χ2v) is 2.98. The fourth-order valence-corrected chi connectivity index (χ4v) is 0.852. The molecule has 0 rings (SSSR count). The molecule has 0 amide bonds. The zero-order valence-corrected chi connectivity index (χ0v) is 8.51. The van der Waals surface area contributed by atoms with Crippen LogP contribution in [-0.2, 0) is 9.47 Å². The summed E-state index contributed by atoms with van der Waals surface area (Å²) >= 11 is 0. The van der Waals surface area contributed by atoms with Gasteiger partial charge in [-0.05, 0) is 0 Å². The Morgan fingerprint density at radius 2 is 2.07 bits per heavy atom. The van der Waals surface area contributed by atoms with Crippen molar-refractivity contribution in [1.29, 1.82) is 0 Å². The van der Waals surface area contributed by atoms with Crippen molar-refractivity contribution in [2.45, 2.75) is 12.3 Å². The number of halogens is 3. The standard InChI is InChI=1S/C8H16F3NO3/c1-14-5-7(13)4-12-2-3-15-6-8(9,10)11/h7,12-13H,2-6H2,1H3. The van der Waals surface area contributed by atoms with Gasteiger partial charge in [-0.2, -0.15) is 13.2 Å². The Hall–Kier alpha value is -0.370. The highest BCUT2D eigenvalue weighted by Gasteiger charge is 2.27. The van der Waals surface area contributed by atoms with Crippen LogP contribution in [-0.4, -0.2) is 57.4 Å². The molecule has 0 heterocycles. The van der Waals surface area contributed by atoms with Crippen molar-refractivity contribution in [2.75, 3.05) is 40.0 Å². The maximum absolute atomic E-state index is 11.6. The SMILES string of the molecule is COCC(O)CNCCOCC(F)(F)F. The van der Waals surface area contributed by atoms with Crippen molar-refractivity contribution < 1.29 is 27.8 Å². The normalized spacial score (nSPS) is 14.2. The molecule has 0 bridgehead atoms. The van der Waals surface area contributed by atoms with Gasteiger partial charge in [0.25, 0.3) is 0 Å². The van der Waals surface area contributed by atoms with Crippen LogP contribution in [0, 0.1) is 0 Å². The number of methoxy groups -OCH3 is 1. The van der Waals surface area contributed by atoms with Gasteiger partial charge in [-0.25, -0.2) is 0 Å². The predicted octanol–water partition coefficient (Wildman–Crippen LogP) is 0.162. The molecule has 0 aliphatic heterocycles. The van der Waals surface area contributed by atoms with Gasteiger partial charge in [0.15, 0.2) is 0 Å². The van der Waals surface area contributed by atoms with Gasteiger partial charge in [-0.3, -0.25) is 0 Å². The highest BCUT2D eigenvalue weighted by molar-refractivity contribution is 4.57. The van der Waals surface area contributed by atoms with Crippen LogP contribution in [0.25, 0.3) is 0 Å². The van der Waals surface area contributed by atoms with Crippen molar-refractivity contribution in [2.24, 2.45) is 0 Å². The minimum atomic E-state index is -4.28. The van der Waals surface area contributed by atoms with Crippen molar-refractivity contribution in [3.8, 4) is 0 Å². The Labute approximate surface area is 86.4 Å². The third kappa shape index (κ3) is 11.6. The quantitative estimate of drug-likeness (QED) is 0.584. The maximum atomic E-state index is 11.6. The van der Waals surface area contributed by atoms with E-state index in [1.807, 2.05) is 0 Å². The maximum Gasteiger partial charge on any atom is 0.411 e. The summed E-state index contributed by atoms with van der Waals surface area (Å²) < 4.78 is 43.8. The summed E-state index contributed by atoms with van der Waals surface area (Å²) in [5, 5.41) is 11.9. The molecule has 2 N–H and O–H groups in total. The second kappa shape index (κ2) is 7.86. The fourth-order valence-electron chi connectivity index (χ4n) is 0.852. The molecule has 0 radical (unpaired) electrons. The lowest BCUT2D eigenvalue weighted by atomic mass is 10.4. The van der Waals surface area contributed by atoms with Gasteiger partial charge in [0.2, 0.25) is 0 Å². The molecular formula is C8H16F3NO3. The third-order valence-corrected chi connectivity index (χ3v) is 1.43. The smallest absolute Gasteiger partial charge is 0.389 e. The lowest BCUT2D eigenvalue weighted by Gasteiger charge is -2.11. The summed E-state index contributed by atoms with van der Waals surface area (Å²) in [6, 6.07) is 0. The Kier molecular flexibility index (Phi) is 7.67. The first kappa shape index (κ1) is 14.6. The molecule has 1 unspecified atom stereocenters. The van der Waals surface area contributed by atoms with Gasteiger partial charge in [-0.1, -0.05) is 0 Å².